The van der Waals surface area contributed by atoms with E-state index in [1.807, 2.05) is 0 Å². The summed E-state index contributed by atoms with van der Waals surface area (Å²) in [6.45, 7) is 4.37. The van der Waals surface area contributed by atoms with Gasteiger partial charge in [0.25, 0.3) is 10.0 Å². The number of piperazine rings is 1. The molecule has 0 radical (unpaired) electrons. The van der Waals surface area contributed by atoms with Crippen LogP contribution in [0.3, 0.4) is 0 Å². The van der Waals surface area contributed by atoms with Crippen molar-refractivity contribution in [2.75, 3.05) is 37.3 Å². The second kappa shape index (κ2) is 10.2. The van der Waals surface area contributed by atoms with E-state index in [1.54, 1.807) is 30.2 Å². The van der Waals surface area contributed by atoms with E-state index >= 15 is 0 Å². The van der Waals surface area contributed by atoms with E-state index < -0.39 is 43.9 Å². The van der Waals surface area contributed by atoms with Crippen molar-refractivity contribution in [3.8, 4) is 0 Å². The molecule has 0 spiro atoms. The van der Waals surface area contributed by atoms with E-state index in [1.165, 1.54) is 38.9 Å². The number of aliphatic hydroxyl groups is 1. The second-order valence-corrected chi connectivity index (χ2v) is 14.2. The highest BCUT2D eigenvalue weighted by Gasteiger charge is 2.51. The van der Waals surface area contributed by atoms with E-state index in [2.05, 4.69) is 0 Å². The molecule has 36 heavy (non-hydrogen) atoms. The Labute approximate surface area is 214 Å². The van der Waals surface area contributed by atoms with Gasteiger partial charge < -0.3 is 10.0 Å². The maximum absolute atomic E-state index is 13.3. The van der Waals surface area contributed by atoms with Crippen molar-refractivity contribution in [1.82, 2.24) is 8.61 Å². The van der Waals surface area contributed by atoms with Crippen molar-refractivity contribution in [2.45, 2.75) is 48.8 Å². The maximum Gasteiger partial charge on any atom is 0.421 e. The lowest BCUT2D eigenvalue weighted by Crippen LogP contribution is -2.59. The molecule has 1 fully saturated rings. The quantitative estimate of drug-likeness (QED) is 0.525. The first-order chi connectivity index (χ1) is 16.5. The molecule has 1 aliphatic heterocycles. The summed E-state index contributed by atoms with van der Waals surface area (Å²) < 4.78 is 93.7. The van der Waals surface area contributed by atoms with Crippen LogP contribution in [0.25, 0.3) is 0 Å². The van der Waals surface area contributed by atoms with Gasteiger partial charge in [-0.2, -0.15) is 21.8 Å². The first-order valence-electron chi connectivity index (χ1n) is 11.1. The Balaban J connectivity index is 1.96. The topological polar surface area (TPSA) is 98.2 Å². The van der Waals surface area contributed by atoms with Crippen molar-refractivity contribution in [1.29, 1.82) is 0 Å². The van der Waals surface area contributed by atoms with Crippen LogP contribution in [-0.2, 0) is 25.6 Å². The van der Waals surface area contributed by atoms with E-state index in [0.29, 0.717) is 12.6 Å². The number of rotatable bonds is 8. The summed E-state index contributed by atoms with van der Waals surface area (Å²) >= 11 is 1.09. The van der Waals surface area contributed by atoms with Gasteiger partial charge in [-0.05, 0) is 49.9 Å². The highest BCUT2D eigenvalue weighted by Crippen LogP contribution is 2.39. The van der Waals surface area contributed by atoms with Crippen LogP contribution in [0.5, 0.6) is 0 Å². The van der Waals surface area contributed by atoms with Gasteiger partial charge in [0.2, 0.25) is 10.0 Å². The van der Waals surface area contributed by atoms with Crippen molar-refractivity contribution >= 4 is 37.1 Å². The number of thiophene rings is 1. The molecule has 3 rings (SSSR count). The van der Waals surface area contributed by atoms with Gasteiger partial charge in [0.1, 0.15) is 4.21 Å². The predicted octanol–water partition coefficient (Wildman–Crippen LogP) is 3.07. The number of nitrogens with zero attached hydrogens (tertiary/aromatic N) is 3. The Morgan fingerprint density at radius 2 is 1.72 bits per heavy atom. The summed E-state index contributed by atoms with van der Waals surface area (Å²) in [5.41, 5.74) is -2.88. The Hall–Kier alpha value is -1.71. The van der Waals surface area contributed by atoms with Crippen LogP contribution in [0.4, 0.5) is 18.9 Å². The van der Waals surface area contributed by atoms with Crippen LogP contribution in [0.1, 0.15) is 26.3 Å². The van der Waals surface area contributed by atoms with Crippen molar-refractivity contribution in [2.24, 2.45) is 0 Å². The van der Waals surface area contributed by atoms with Crippen LogP contribution in [-0.4, -0.2) is 81.2 Å². The monoisotopic (exact) mass is 569 g/mol. The molecule has 2 atom stereocenters. The maximum atomic E-state index is 13.3. The Bertz CT molecular complexity index is 1250. The lowest BCUT2D eigenvalue weighted by Gasteiger charge is -2.44. The molecular formula is C22H30F3N3O5S3. The van der Waals surface area contributed by atoms with Gasteiger partial charge in [0, 0.05) is 37.9 Å². The third-order valence-electron chi connectivity index (χ3n) is 6.24. The first-order valence-corrected chi connectivity index (χ1v) is 15.3. The standard InChI is InChI=1S/C22H30F3N3O5S3/c1-16(2)28(35(4,30)31)15-19-14-26(36(32,33)20-6-5-13-34-20)11-12-27(19)18-9-7-17(8-10-18)21(3,29)22(23,24)25/h5-10,13,16,19,29H,11-12,14-15H2,1-4H3. The molecule has 1 aliphatic rings. The lowest BCUT2D eigenvalue weighted by molar-refractivity contribution is -0.258. The third kappa shape index (κ3) is 5.89. The van der Waals surface area contributed by atoms with Gasteiger partial charge in [-0.3, -0.25) is 0 Å². The molecule has 2 unspecified atom stereocenters. The third-order valence-corrected chi connectivity index (χ3v) is 10.9. The normalized spacial score (nSPS) is 20.2. The van der Waals surface area contributed by atoms with Gasteiger partial charge >= 0.3 is 6.18 Å². The lowest BCUT2D eigenvalue weighted by atomic mass is 9.95. The fourth-order valence-corrected chi connectivity index (χ4v) is 7.98. The summed E-state index contributed by atoms with van der Waals surface area (Å²) in [7, 11) is -7.42. The van der Waals surface area contributed by atoms with Crippen molar-refractivity contribution in [3.63, 3.8) is 0 Å². The summed E-state index contributed by atoms with van der Waals surface area (Å²) in [5.74, 6) is 0. The molecule has 1 aromatic carbocycles. The largest absolute Gasteiger partial charge is 0.421 e. The predicted molar refractivity (Wildman–Crippen MR) is 133 cm³/mol. The number of halogens is 3. The van der Waals surface area contributed by atoms with Crippen molar-refractivity contribution in [3.05, 3.63) is 47.3 Å². The Kier molecular flexibility index (Phi) is 8.19. The number of sulfonamides is 2. The highest BCUT2D eigenvalue weighted by atomic mass is 32.2. The minimum absolute atomic E-state index is 0.0129. The van der Waals surface area contributed by atoms with Crippen molar-refractivity contribution < 1.29 is 35.1 Å². The van der Waals surface area contributed by atoms with Gasteiger partial charge in [-0.15, -0.1) is 11.3 Å². The van der Waals surface area contributed by atoms with Gasteiger partial charge in [-0.1, -0.05) is 18.2 Å². The molecule has 8 nitrogen and oxygen atoms in total. The average Bonchev–Trinajstić information content (AvgIpc) is 3.31. The van der Waals surface area contributed by atoms with Crippen LogP contribution in [0.2, 0.25) is 0 Å². The van der Waals surface area contributed by atoms with Gasteiger partial charge in [-0.25, -0.2) is 16.8 Å². The van der Waals surface area contributed by atoms with Gasteiger partial charge in [0.05, 0.1) is 12.3 Å². The molecule has 14 heteroatoms. The zero-order valence-electron chi connectivity index (χ0n) is 20.3. The Morgan fingerprint density at radius 3 is 2.19 bits per heavy atom. The molecule has 0 saturated carbocycles. The molecule has 1 aromatic heterocycles. The molecule has 1 saturated heterocycles. The molecule has 0 amide bonds. The minimum Gasteiger partial charge on any atom is -0.376 e. The molecule has 0 bridgehead atoms. The summed E-state index contributed by atoms with van der Waals surface area (Å²) in [6, 6.07) is 7.32. The number of anilines is 1. The van der Waals surface area contributed by atoms with E-state index in [9.17, 15) is 35.1 Å². The van der Waals surface area contributed by atoms with E-state index in [0.717, 1.165) is 17.6 Å². The van der Waals surface area contributed by atoms with Crippen LogP contribution >= 0.6 is 11.3 Å². The Morgan fingerprint density at radius 1 is 1.11 bits per heavy atom. The molecular weight excluding hydrogens is 539 g/mol. The zero-order valence-corrected chi connectivity index (χ0v) is 22.8. The molecule has 1 N–H and O–H groups in total. The van der Waals surface area contributed by atoms with E-state index in [4.69, 9.17) is 0 Å². The van der Waals surface area contributed by atoms with E-state index in [-0.39, 0.29) is 36.0 Å². The summed E-state index contributed by atoms with van der Waals surface area (Å²) in [6.07, 6.45) is -3.79. The average molecular weight is 570 g/mol. The van der Waals surface area contributed by atoms with Gasteiger partial charge in [0.15, 0.2) is 5.60 Å². The number of hydrogen-bond donors (Lipinski definition) is 1. The second-order valence-electron chi connectivity index (χ2n) is 9.19. The molecule has 2 aromatic rings. The van der Waals surface area contributed by atoms with Crippen LogP contribution in [0, 0.1) is 0 Å². The summed E-state index contributed by atoms with van der Waals surface area (Å²) in [5, 5.41) is 11.6. The fourth-order valence-electron chi connectivity index (χ4n) is 4.16. The molecule has 0 aliphatic carbocycles. The van der Waals surface area contributed by atoms with Crippen LogP contribution < -0.4 is 4.90 Å². The number of hydrogen-bond acceptors (Lipinski definition) is 7. The molecule has 2 heterocycles. The van der Waals surface area contributed by atoms with Crippen LogP contribution in [0.15, 0.2) is 46.0 Å². The minimum atomic E-state index is -4.87. The number of alkyl halides is 3. The number of benzene rings is 1. The highest BCUT2D eigenvalue weighted by molar-refractivity contribution is 7.91. The smallest absolute Gasteiger partial charge is 0.376 e. The fraction of sp³-hybridized carbons (Fsp3) is 0.545. The molecule has 202 valence electrons. The SMILES string of the molecule is CC(C)N(CC1CN(S(=O)(=O)c2cccs2)CCN1c1ccc(C(C)(O)C(F)(F)F)cc1)S(C)(=O)=O. The zero-order chi connectivity index (χ0) is 27.1. The summed E-state index contributed by atoms with van der Waals surface area (Å²) in [4.78, 5) is 1.80. The first kappa shape index (κ1) is 28.9.